The maximum absolute atomic E-state index is 9.85. The minimum atomic E-state index is -0.0313. The van der Waals surface area contributed by atoms with E-state index in [9.17, 15) is 5.11 Å². The molecule has 0 spiro atoms. The average Bonchev–Trinajstić information content (AvgIpc) is 2.76. The van der Waals surface area contributed by atoms with Gasteiger partial charge in [0, 0.05) is 41.1 Å². The molecule has 0 aromatic heterocycles. The molecule has 1 saturated heterocycles. The van der Waals surface area contributed by atoms with E-state index < -0.39 is 0 Å². The Morgan fingerprint density at radius 2 is 2.18 bits per heavy atom. The number of thioether (sulfide) groups is 1. The minimum Gasteiger partial charge on any atom is -0.396 e. The lowest BCUT2D eigenvalue weighted by atomic mass is 9.80. The van der Waals surface area contributed by atoms with Gasteiger partial charge in [0.25, 0.3) is 0 Å². The van der Waals surface area contributed by atoms with E-state index in [0.29, 0.717) is 6.04 Å². The Labute approximate surface area is 141 Å². The largest absolute Gasteiger partial charge is 0.396 e. The summed E-state index contributed by atoms with van der Waals surface area (Å²) >= 11 is 8.13. The summed E-state index contributed by atoms with van der Waals surface area (Å²) in [5, 5.41) is 14.4. The van der Waals surface area contributed by atoms with Crippen LogP contribution in [0.4, 0.5) is 0 Å². The van der Waals surface area contributed by atoms with Crippen LogP contribution in [0.2, 0.25) is 5.02 Å². The number of nitrogens with one attached hydrogen (secondary N) is 1. The van der Waals surface area contributed by atoms with Gasteiger partial charge in [0.2, 0.25) is 0 Å². The van der Waals surface area contributed by atoms with Crippen molar-refractivity contribution < 1.29 is 9.84 Å². The molecule has 2 N–H and O–H groups in total. The van der Waals surface area contributed by atoms with Crippen molar-refractivity contribution in [3.63, 3.8) is 0 Å². The van der Waals surface area contributed by atoms with Crippen LogP contribution in [0, 0.1) is 5.41 Å². The van der Waals surface area contributed by atoms with E-state index >= 15 is 0 Å². The lowest BCUT2D eigenvalue weighted by Gasteiger charge is -2.37. The third-order valence-corrected chi connectivity index (χ3v) is 6.26. The molecule has 0 bridgehead atoms. The summed E-state index contributed by atoms with van der Waals surface area (Å²) in [6.07, 6.45) is 4.18. The van der Waals surface area contributed by atoms with E-state index in [-0.39, 0.29) is 12.0 Å². The van der Waals surface area contributed by atoms with Crippen molar-refractivity contribution in [3.05, 3.63) is 28.8 Å². The Hall–Kier alpha value is -0.260. The van der Waals surface area contributed by atoms with Crippen molar-refractivity contribution in [2.24, 2.45) is 5.41 Å². The minimum absolute atomic E-state index is 0.0313. The van der Waals surface area contributed by atoms with Gasteiger partial charge >= 0.3 is 0 Å². The van der Waals surface area contributed by atoms with Crippen LogP contribution in [0.25, 0.3) is 0 Å². The average molecular weight is 342 g/mol. The van der Waals surface area contributed by atoms with Gasteiger partial charge in [0.15, 0.2) is 0 Å². The van der Waals surface area contributed by atoms with Gasteiger partial charge < -0.3 is 15.2 Å². The molecule has 22 heavy (non-hydrogen) atoms. The van der Waals surface area contributed by atoms with E-state index in [2.05, 4.69) is 17.4 Å². The van der Waals surface area contributed by atoms with E-state index in [1.54, 1.807) is 0 Å². The van der Waals surface area contributed by atoms with Crippen molar-refractivity contribution in [1.82, 2.24) is 5.32 Å². The summed E-state index contributed by atoms with van der Waals surface area (Å²) < 4.78 is 5.45. The molecule has 0 radical (unpaired) electrons. The fourth-order valence-electron chi connectivity index (χ4n) is 3.30. The van der Waals surface area contributed by atoms with Gasteiger partial charge in [-0.2, -0.15) is 0 Å². The predicted molar refractivity (Wildman–Crippen MR) is 91.7 cm³/mol. The van der Waals surface area contributed by atoms with E-state index in [4.69, 9.17) is 16.3 Å². The maximum atomic E-state index is 9.85. The summed E-state index contributed by atoms with van der Waals surface area (Å²) in [5.41, 5.74) is 1.28. The van der Waals surface area contributed by atoms with Crippen molar-refractivity contribution in [3.8, 4) is 0 Å². The smallest absolute Gasteiger partial charge is 0.0501 e. The number of aliphatic hydroxyl groups excluding tert-OH is 1. The normalized spacial score (nSPS) is 24.5. The van der Waals surface area contributed by atoms with Crippen molar-refractivity contribution in [1.29, 1.82) is 0 Å². The summed E-state index contributed by atoms with van der Waals surface area (Å²) in [5.74, 6) is 1.16. The highest BCUT2D eigenvalue weighted by Gasteiger charge is 2.33. The topological polar surface area (TPSA) is 41.5 Å². The Kier molecular flexibility index (Phi) is 5.69. The lowest BCUT2D eigenvalue weighted by molar-refractivity contribution is -0.0167. The zero-order chi connectivity index (χ0) is 15.4. The third kappa shape index (κ3) is 3.80. The van der Waals surface area contributed by atoms with Gasteiger partial charge in [0.1, 0.15) is 0 Å². The number of halogens is 1. The molecule has 3 rings (SSSR count). The van der Waals surface area contributed by atoms with E-state index in [1.165, 1.54) is 16.9 Å². The second kappa shape index (κ2) is 7.54. The number of ether oxygens (including phenoxy) is 1. The number of hydrogen-bond acceptors (Lipinski definition) is 4. The van der Waals surface area contributed by atoms with Crippen LogP contribution in [-0.4, -0.2) is 37.2 Å². The molecular formula is C17H24ClNO2S. The quantitative estimate of drug-likeness (QED) is 0.877. The van der Waals surface area contributed by atoms with Crippen LogP contribution in [0.5, 0.6) is 0 Å². The summed E-state index contributed by atoms with van der Waals surface area (Å²) in [6.45, 7) is 2.58. The first-order valence-corrected chi connectivity index (χ1v) is 9.43. The molecule has 1 atom stereocenters. The van der Waals surface area contributed by atoms with Crippen molar-refractivity contribution in [2.45, 2.75) is 36.6 Å². The molecular weight excluding hydrogens is 318 g/mol. The standard InChI is InChI=1S/C17H24ClNO2S/c18-13-3-4-16-14(10-13)15(2-1-9-22-16)19-11-17(12-20)5-7-21-8-6-17/h3-4,10,15,19-20H,1-2,5-9,11-12H2. The Balaban J connectivity index is 1.73. The molecule has 0 saturated carbocycles. The van der Waals surface area contributed by atoms with Crippen LogP contribution in [0.3, 0.4) is 0 Å². The third-order valence-electron chi connectivity index (χ3n) is 4.85. The Morgan fingerprint density at radius 3 is 2.95 bits per heavy atom. The van der Waals surface area contributed by atoms with Gasteiger partial charge in [-0.3, -0.25) is 0 Å². The number of aliphatic hydroxyl groups is 1. The maximum Gasteiger partial charge on any atom is 0.0501 e. The molecule has 0 amide bonds. The Bertz CT molecular complexity index is 505. The van der Waals surface area contributed by atoms with E-state index in [0.717, 1.165) is 49.8 Å². The predicted octanol–water partition coefficient (Wildman–Crippen LogP) is 3.65. The first-order valence-electron chi connectivity index (χ1n) is 8.07. The highest BCUT2D eigenvalue weighted by Crippen LogP contribution is 2.37. The Morgan fingerprint density at radius 1 is 1.36 bits per heavy atom. The number of fused-ring (bicyclic) bond motifs is 1. The zero-order valence-corrected chi connectivity index (χ0v) is 14.4. The monoisotopic (exact) mass is 341 g/mol. The first-order chi connectivity index (χ1) is 10.7. The molecule has 1 aromatic rings. The van der Waals surface area contributed by atoms with Gasteiger partial charge in [-0.05, 0) is 55.2 Å². The second-order valence-electron chi connectivity index (χ2n) is 6.38. The molecule has 2 heterocycles. The number of hydrogen-bond donors (Lipinski definition) is 2. The summed E-state index contributed by atoms with van der Waals surface area (Å²) in [7, 11) is 0. The van der Waals surface area contributed by atoms with Crippen LogP contribution in [0.1, 0.15) is 37.3 Å². The second-order valence-corrected chi connectivity index (χ2v) is 7.95. The fourth-order valence-corrected chi connectivity index (χ4v) is 4.54. The van der Waals surface area contributed by atoms with Gasteiger partial charge in [0.05, 0.1) is 6.61 Å². The van der Waals surface area contributed by atoms with Crippen LogP contribution in [0.15, 0.2) is 23.1 Å². The molecule has 5 heteroatoms. The fraction of sp³-hybridized carbons (Fsp3) is 0.647. The molecule has 2 aliphatic rings. The summed E-state index contributed by atoms with van der Waals surface area (Å²) in [6, 6.07) is 6.54. The van der Waals surface area contributed by atoms with Crippen LogP contribution >= 0.6 is 23.4 Å². The SMILES string of the molecule is OCC1(CNC2CCCSc3ccc(Cl)cc32)CCOCC1. The van der Waals surface area contributed by atoms with Gasteiger partial charge in [-0.15, -0.1) is 11.8 Å². The highest BCUT2D eigenvalue weighted by atomic mass is 35.5. The molecule has 1 fully saturated rings. The van der Waals surface area contributed by atoms with Crippen LogP contribution in [-0.2, 0) is 4.74 Å². The molecule has 1 unspecified atom stereocenters. The summed E-state index contributed by atoms with van der Waals surface area (Å²) in [4.78, 5) is 1.34. The van der Waals surface area contributed by atoms with E-state index in [1.807, 2.05) is 17.8 Å². The molecule has 1 aromatic carbocycles. The number of rotatable bonds is 4. The van der Waals surface area contributed by atoms with Gasteiger partial charge in [-0.25, -0.2) is 0 Å². The molecule has 2 aliphatic heterocycles. The van der Waals surface area contributed by atoms with Crippen LogP contribution < -0.4 is 5.32 Å². The molecule has 3 nitrogen and oxygen atoms in total. The molecule has 0 aliphatic carbocycles. The van der Waals surface area contributed by atoms with Crippen molar-refractivity contribution in [2.75, 3.05) is 32.1 Å². The van der Waals surface area contributed by atoms with Gasteiger partial charge in [-0.1, -0.05) is 11.6 Å². The number of benzene rings is 1. The lowest BCUT2D eigenvalue weighted by Crippen LogP contribution is -2.43. The highest BCUT2D eigenvalue weighted by molar-refractivity contribution is 7.99. The molecule has 122 valence electrons. The van der Waals surface area contributed by atoms with Crippen molar-refractivity contribution >= 4 is 23.4 Å². The zero-order valence-electron chi connectivity index (χ0n) is 12.8. The first kappa shape index (κ1) is 16.6.